The van der Waals surface area contributed by atoms with Crippen LogP contribution in [0.15, 0.2) is 24.3 Å². The minimum absolute atomic E-state index is 0.0746. The van der Waals surface area contributed by atoms with Crippen molar-refractivity contribution >= 4 is 5.91 Å². The lowest BCUT2D eigenvalue weighted by molar-refractivity contribution is 0.0991. The van der Waals surface area contributed by atoms with Gasteiger partial charge in [0, 0.05) is 5.56 Å². The maximum absolute atomic E-state index is 10.8. The third-order valence-corrected chi connectivity index (χ3v) is 2.03. The monoisotopic (exact) mass is 202 g/mol. The Morgan fingerprint density at radius 2 is 2.00 bits per heavy atom. The number of aryl methyl sites for hydroxylation is 1. The molecule has 0 aliphatic carbocycles. The Kier molecular flexibility index (Phi) is 2.21. The van der Waals surface area contributed by atoms with Gasteiger partial charge in [0.15, 0.2) is 5.82 Å². The first-order chi connectivity index (χ1) is 7.16. The number of aromatic amines is 1. The molecule has 2 aromatic rings. The van der Waals surface area contributed by atoms with E-state index in [-0.39, 0.29) is 5.82 Å². The number of carbonyl (C=O) groups is 1. The number of aromatic nitrogens is 3. The van der Waals surface area contributed by atoms with E-state index in [1.165, 1.54) is 0 Å². The summed E-state index contributed by atoms with van der Waals surface area (Å²) in [6.45, 7) is 2.00. The topological polar surface area (TPSA) is 84.7 Å². The van der Waals surface area contributed by atoms with Gasteiger partial charge in [-0.2, -0.15) is 5.10 Å². The molecule has 0 radical (unpaired) electrons. The minimum Gasteiger partial charge on any atom is -0.363 e. The van der Waals surface area contributed by atoms with Crippen molar-refractivity contribution in [3.63, 3.8) is 0 Å². The number of nitrogens with one attached hydrogen (secondary N) is 1. The molecule has 0 saturated carbocycles. The Morgan fingerprint density at radius 3 is 2.53 bits per heavy atom. The summed E-state index contributed by atoms with van der Waals surface area (Å²) in [5, 5.41) is 6.38. The standard InChI is InChI=1S/C10H10N4O/c1-6-2-4-7(5-3-6)9-12-10(8(11)15)14-13-9/h2-5H,1H3,(H2,11,15)(H,12,13,14). The fourth-order valence-electron chi connectivity index (χ4n) is 1.20. The van der Waals surface area contributed by atoms with Crippen LogP contribution in [0, 0.1) is 6.92 Å². The van der Waals surface area contributed by atoms with E-state index in [9.17, 15) is 4.79 Å². The summed E-state index contributed by atoms with van der Waals surface area (Å²) in [5.74, 6) is -0.0600. The number of nitrogens with two attached hydrogens (primary N) is 1. The number of rotatable bonds is 2. The molecule has 5 nitrogen and oxygen atoms in total. The van der Waals surface area contributed by atoms with Gasteiger partial charge in [-0.15, -0.1) is 0 Å². The molecule has 1 amide bonds. The lowest BCUT2D eigenvalue weighted by atomic mass is 10.1. The minimum atomic E-state index is -0.610. The van der Waals surface area contributed by atoms with Crippen molar-refractivity contribution in [3.05, 3.63) is 35.7 Å². The highest BCUT2D eigenvalue weighted by atomic mass is 16.1. The number of amides is 1. The molecule has 0 unspecified atom stereocenters. The van der Waals surface area contributed by atoms with Gasteiger partial charge in [0.25, 0.3) is 5.91 Å². The first-order valence-electron chi connectivity index (χ1n) is 4.46. The van der Waals surface area contributed by atoms with Crippen LogP contribution in [0.1, 0.15) is 16.2 Å². The smallest absolute Gasteiger partial charge is 0.286 e. The van der Waals surface area contributed by atoms with Crippen LogP contribution in [-0.4, -0.2) is 21.1 Å². The molecule has 1 heterocycles. The second-order valence-corrected chi connectivity index (χ2v) is 3.24. The fraction of sp³-hybridized carbons (Fsp3) is 0.100. The van der Waals surface area contributed by atoms with Crippen molar-refractivity contribution in [3.8, 4) is 11.4 Å². The zero-order valence-electron chi connectivity index (χ0n) is 8.19. The molecule has 5 heteroatoms. The SMILES string of the molecule is Cc1ccc(-c2n[nH]c(C(N)=O)n2)cc1. The summed E-state index contributed by atoms with van der Waals surface area (Å²) in [5.41, 5.74) is 7.06. The molecule has 15 heavy (non-hydrogen) atoms. The first-order valence-corrected chi connectivity index (χ1v) is 4.46. The van der Waals surface area contributed by atoms with E-state index < -0.39 is 5.91 Å². The van der Waals surface area contributed by atoms with Crippen molar-refractivity contribution < 1.29 is 4.79 Å². The van der Waals surface area contributed by atoms with Crippen molar-refractivity contribution in [2.24, 2.45) is 5.73 Å². The molecule has 0 fully saturated rings. The van der Waals surface area contributed by atoms with Crippen LogP contribution in [-0.2, 0) is 0 Å². The molecule has 0 saturated heterocycles. The largest absolute Gasteiger partial charge is 0.363 e. The number of primary amides is 1. The lowest BCUT2D eigenvalue weighted by Gasteiger charge is -1.94. The van der Waals surface area contributed by atoms with E-state index in [2.05, 4.69) is 15.2 Å². The van der Waals surface area contributed by atoms with Gasteiger partial charge in [-0.05, 0) is 6.92 Å². The second-order valence-electron chi connectivity index (χ2n) is 3.24. The van der Waals surface area contributed by atoms with Crippen LogP contribution in [0.4, 0.5) is 0 Å². The summed E-state index contributed by atoms with van der Waals surface area (Å²) < 4.78 is 0. The number of hydrogen-bond donors (Lipinski definition) is 2. The van der Waals surface area contributed by atoms with Gasteiger partial charge in [0.2, 0.25) is 5.82 Å². The average molecular weight is 202 g/mol. The van der Waals surface area contributed by atoms with Gasteiger partial charge in [0.1, 0.15) is 0 Å². The molecule has 3 N–H and O–H groups in total. The molecule has 0 atom stereocenters. The second kappa shape index (κ2) is 3.53. The van der Waals surface area contributed by atoms with Gasteiger partial charge < -0.3 is 5.73 Å². The van der Waals surface area contributed by atoms with Gasteiger partial charge in [0.05, 0.1) is 0 Å². The normalized spacial score (nSPS) is 10.2. The van der Waals surface area contributed by atoms with E-state index in [1.54, 1.807) is 0 Å². The maximum atomic E-state index is 10.8. The van der Waals surface area contributed by atoms with Crippen LogP contribution in [0.3, 0.4) is 0 Å². The summed E-state index contributed by atoms with van der Waals surface area (Å²) in [4.78, 5) is 14.8. The molecule has 1 aromatic heterocycles. The Balaban J connectivity index is 2.37. The van der Waals surface area contributed by atoms with Gasteiger partial charge >= 0.3 is 0 Å². The Labute approximate surface area is 86.3 Å². The molecule has 2 rings (SSSR count). The molecular weight excluding hydrogens is 192 g/mol. The van der Waals surface area contributed by atoms with Gasteiger partial charge in [-0.25, -0.2) is 4.98 Å². The van der Waals surface area contributed by atoms with Gasteiger partial charge in [-0.3, -0.25) is 9.89 Å². The van der Waals surface area contributed by atoms with Crippen LogP contribution in [0.25, 0.3) is 11.4 Å². The van der Waals surface area contributed by atoms with Crippen LogP contribution >= 0.6 is 0 Å². The number of nitrogens with zero attached hydrogens (tertiary/aromatic N) is 2. The predicted octanol–water partition coefficient (Wildman–Crippen LogP) is 0.879. The highest BCUT2D eigenvalue weighted by Crippen LogP contribution is 2.14. The lowest BCUT2D eigenvalue weighted by Crippen LogP contribution is -2.12. The number of carbonyl (C=O) groups excluding carboxylic acids is 1. The third kappa shape index (κ3) is 1.85. The van der Waals surface area contributed by atoms with Crippen molar-refractivity contribution in [2.45, 2.75) is 6.92 Å². The highest BCUT2D eigenvalue weighted by Gasteiger charge is 2.08. The Hall–Kier alpha value is -2.17. The van der Waals surface area contributed by atoms with Crippen LogP contribution in [0.5, 0.6) is 0 Å². The van der Waals surface area contributed by atoms with E-state index in [0.717, 1.165) is 11.1 Å². The Bertz CT molecular complexity index is 486. The molecule has 0 spiro atoms. The van der Waals surface area contributed by atoms with Crippen LogP contribution in [0.2, 0.25) is 0 Å². The number of hydrogen-bond acceptors (Lipinski definition) is 3. The van der Waals surface area contributed by atoms with E-state index >= 15 is 0 Å². The summed E-state index contributed by atoms with van der Waals surface area (Å²) in [6, 6.07) is 7.69. The number of benzene rings is 1. The third-order valence-electron chi connectivity index (χ3n) is 2.03. The fourth-order valence-corrected chi connectivity index (χ4v) is 1.20. The Morgan fingerprint density at radius 1 is 1.33 bits per heavy atom. The zero-order valence-corrected chi connectivity index (χ0v) is 8.19. The average Bonchev–Trinajstić information content (AvgIpc) is 2.68. The summed E-state index contributed by atoms with van der Waals surface area (Å²) >= 11 is 0. The quantitative estimate of drug-likeness (QED) is 0.758. The number of H-pyrrole nitrogens is 1. The maximum Gasteiger partial charge on any atom is 0.286 e. The van der Waals surface area contributed by atoms with Crippen molar-refractivity contribution in [2.75, 3.05) is 0 Å². The molecule has 0 aliphatic heterocycles. The zero-order chi connectivity index (χ0) is 10.8. The summed E-state index contributed by atoms with van der Waals surface area (Å²) in [7, 11) is 0. The molecular formula is C10H10N4O. The molecule has 0 aliphatic rings. The molecule has 0 bridgehead atoms. The van der Waals surface area contributed by atoms with Crippen LogP contribution < -0.4 is 5.73 Å². The van der Waals surface area contributed by atoms with Crippen molar-refractivity contribution in [1.82, 2.24) is 15.2 Å². The highest BCUT2D eigenvalue weighted by molar-refractivity contribution is 5.89. The van der Waals surface area contributed by atoms with Crippen molar-refractivity contribution in [1.29, 1.82) is 0 Å². The van der Waals surface area contributed by atoms with E-state index in [1.807, 2.05) is 31.2 Å². The molecule has 1 aromatic carbocycles. The van der Waals surface area contributed by atoms with E-state index in [0.29, 0.717) is 5.82 Å². The summed E-state index contributed by atoms with van der Waals surface area (Å²) in [6.07, 6.45) is 0. The van der Waals surface area contributed by atoms with Gasteiger partial charge in [-0.1, -0.05) is 29.8 Å². The molecule has 76 valence electrons. The van der Waals surface area contributed by atoms with E-state index in [4.69, 9.17) is 5.73 Å². The predicted molar refractivity (Wildman–Crippen MR) is 55.1 cm³/mol. The first kappa shape index (κ1) is 9.39.